The first-order valence-electron chi connectivity index (χ1n) is 5.10. The Hall–Kier alpha value is -3.59. The standard InChI is InChI=1S/C7H9N9O6/c8-6(17)13(10)4-2(15(19)20)1-3(16(21)22)5(12-4)14(11)7(9)18/h1H,10-11H2,(H2,8,17)(H2,9,18). The molecule has 0 spiro atoms. The number of primary amides is 2. The molecule has 8 N–H and O–H groups in total. The molecule has 0 aromatic carbocycles. The number of hydrogen-bond acceptors (Lipinski definition) is 9. The largest absolute Gasteiger partial charge is 0.350 e. The van der Waals surface area contributed by atoms with Crippen LogP contribution in [0.4, 0.5) is 32.6 Å². The number of hydrogen-bond donors (Lipinski definition) is 4. The van der Waals surface area contributed by atoms with Crippen LogP contribution in [-0.4, -0.2) is 26.9 Å². The van der Waals surface area contributed by atoms with Gasteiger partial charge in [-0.05, 0) is 0 Å². The van der Waals surface area contributed by atoms with Crippen molar-refractivity contribution in [3.05, 3.63) is 26.3 Å². The van der Waals surface area contributed by atoms with Gasteiger partial charge in [0.15, 0.2) is 0 Å². The molecule has 0 bridgehead atoms. The normalized spacial score (nSPS) is 9.91. The zero-order valence-corrected chi connectivity index (χ0v) is 10.6. The maximum absolute atomic E-state index is 11.0. The monoisotopic (exact) mass is 315 g/mol. The summed E-state index contributed by atoms with van der Waals surface area (Å²) in [6.07, 6.45) is 0. The van der Waals surface area contributed by atoms with Crippen molar-refractivity contribution in [3.8, 4) is 0 Å². The van der Waals surface area contributed by atoms with E-state index in [2.05, 4.69) is 4.98 Å². The minimum Gasteiger partial charge on any atom is -0.350 e. The number of nitrogens with zero attached hydrogens (tertiary/aromatic N) is 5. The van der Waals surface area contributed by atoms with E-state index in [0.29, 0.717) is 6.07 Å². The van der Waals surface area contributed by atoms with Crippen LogP contribution >= 0.6 is 0 Å². The topological polar surface area (TPSA) is 244 Å². The Morgan fingerprint density at radius 3 is 1.50 bits per heavy atom. The number of rotatable bonds is 4. The molecular formula is C7H9N9O6. The zero-order valence-electron chi connectivity index (χ0n) is 10.6. The summed E-state index contributed by atoms with van der Waals surface area (Å²) in [6, 6.07) is -2.29. The summed E-state index contributed by atoms with van der Waals surface area (Å²) in [5.41, 5.74) is 7.69. The van der Waals surface area contributed by atoms with Crippen molar-refractivity contribution >= 4 is 35.1 Å². The zero-order chi connectivity index (χ0) is 17.2. The number of nitrogens with two attached hydrogens (primary N) is 4. The number of carbonyl (C=O) groups is 2. The first-order chi connectivity index (χ1) is 10.1. The van der Waals surface area contributed by atoms with E-state index in [-0.39, 0.29) is 10.0 Å². The number of hydrazine groups is 2. The molecule has 0 fully saturated rings. The van der Waals surface area contributed by atoms with E-state index < -0.39 is 44.9 Å². The van der Waals surface area contributed by atoms with Gasteiger partial charge < -0.3 is 11.5 Å². The van der Waals surface area contributed by atoms with Crippen LogP contribution in [0.15, 0.2) is 6.07 Å². The molecule has 1 aromatic rings. The van der Waals surface area contributed by atoms with Gasteiger partial charge in [-0.1, -0.05) is 0 Å². The number of pyridine rings is 1. The first-order valence-corrected chi connectivity index (χ1v) is 5.10. The second-order valence-corrected chi connectivity index (χ2v) is 3.60. The average molecular weight is 315 g/mol. The predicted octanol–water partition coefficient (Wildman–Crippen LogP) is -1.58. The molecule has 15 nitrogen and oxygen atoms in total. The lowest BCUT2D eigenvalue weighted by Crippen LogP contribution is -2.44. The predicted molar refractivity (Wildman–Crippen MR) is 70.0 cm³/mol. The van der Waals surface area contributed by atoms with E-state index in [1.807, 2.05) is 0 Å². The first kappa shape index (κ1) is 16.5. The van der Waals surface area contributed by atoms with Crippen molar-refractivity contribution in [3.63, 3.8) is 0 Å². The minimum absolute atomic E-state index is 0.0557. The Bertz CT molecular complexity index is 621. The fourth-order valence-corrected chi connectivity index (χ4v) is 1.31. The number of amides is 4. The molecule has 4 amide bonds. The average Bonchev–Trinajstić information content (AvgIpc) is 2.43. The number of carbonyl (C=O) groups excluding carboxylic acids is 2. The van der Waals surface area contributed by atoms with E-state index in [9.17, 15) is 29.8 Å². The minimum atomic E-state index is -1.35. The molecule has 1 aromatic heterocycles. The maximum atomic E-state index is 11.0. The molecule has 0 saturated heterocycles. The third-order valence-corrected chi connectivity index (χ3v) is 2.27. The molecule has 1 rings (SSSR count). The lowest BCUT2D eigenvalue weighted by Gasteiger charge is -2.17. The van der Waals surface area contributed by atoms with Crippen molar-refractivity contribution in [1.29, 1.82) is 0 Å². The Balaban J connectivity index is 3.73. The lowest BCUT2D eigenvalue weighted by atomic mass is 10.3. The molecule has 0 radical (unpaired) electrons. The van der Waals surface area contributed by atoms with Crippen molar-refractivity contribution in [2.75, 3.05) is 10.0 Å². The smallest absolute Gasteiger partial charge is 0.335 e. The van der Waals surface area contributed by atoms with Gasteiger partial charge in [0, 0.05) is 0 Å². The van der Waals surface area contributed by atoms with Gasteiger partial charge in [-0.2, -0.15) is 4.98 Å². The van der Waals surface area contributed by atoms with Crippen LogP contribution in [0.3, 0.4) is 0 Å². The van der Waals surface area contributed by atoms with Crippen LogP contribution in [-0.2, 0) is 0 Å². The van der Waals surface area contributed by atoms with E-state index >= 15 is 0 Å². The van der Waals surface area contributed by atoms with Gasteiger partial charge in [0.2, 0.25) is 11.6 Å². The molecule has 1 heterocycles. The summed E-state index contributed by atoms with van der Waals surface area (Å²) in [5, 5.41) is 21.9. The highest BCUT2D eigenvalue weighted by atomic mass is 16.6. The molecule has 0 unspecified atom stereocenters. The van der Waals surface area contributed by atoms with E-state index in [4.69, 9.17) is 23.2 Å². The second-order valence-electron chi connectivity index (χ2n) is 3.60. The number of anilines is 2. The van der Waals surface area contributed by atoms with Gasteiger partial charge in [0.25, 0.3) is 0 Å². The summed E-state index contributed by atoms with van der Waals surface area (Å²) >= 11 is 0. The quantitative estimate of drug-likeness (QED) is 0.216. The van der Waals surface area contributed by atoms with Crippen molar-refractivity contribution < 1.29 is 19.4 Å². The Morgan fingerprint density at radius 1 is 0.955 bits per heavy atom. The van der Waals surface area contributed by atoms with Crippen molar-refractivity contribution in [2.24, 2.45) is 23.2 Å². The van der Waals surface area contributed by atoms with Gasteiger partial charge in [0.1, 0.15) is 6.07 Å². The summed E-state index contributed by atoms with van der Waals surface area (Å²) in [6.45, 7) is 0. The molecule has 0 aliphatic carbocycles. The van der Waals surface area contributed by atoms with E-state index in [1.54, 1.807) is 0 Å². The number of urea groups is 2. The molecule has 0 saturated carbocycles. The molecule has 0 aliphatic rings. The van der Waals surface area contributed by atoms with Crippen LogP contribution in [0.25, 0.3) is 0 Å². The van der Waals surface area contributed by atoms with Gasteiger partial charge in [-0.3, -0.25) is 20.2 Å². The molecular weight excluding hydrogens is 306 g/mol. The third-order valence-electron chi connectivity index (χ3n) is 2.27. The van der Waals surface area contributed by atoms with Gasteiger partial charge in [-0.15, -0.1) is 0 Å². The van der Waals surface area contributed by atoms with Crippen LogP contribution in [0.5, 0.6) is 0 Å². The third kappa shape index (κ3) is 2.94. The van der Waals surface area contributed by atoms with E-state index in [0.717, 1.165) is 0 Å². The molecule has 0 aliphatic heterocycles. The molecule has 118 valence electrons. The Morgan fingerprint density at radius 2 is 1.27 bits per heavy atom. The van der Waals surface area contributed by atoms with Crippen LogP contribution in [0.2, 0.25) is 0 Å². The van der Waals surface area contributed by atoms with Gasteiger partial charge in [-0.25, -0.2) is 31.3 Å². The van der Waals surface area contributed by atoms with Gasteiger partial charge in [0.05, 0.1) is 9.85 Å². The van der Waals surface area contributed by atoms with Crippen molar-refractivity contribution in [1.82, 2.24) is 4.98 Å². The van der Waals surface area contributed by atoms with Crippen LogP contribution in [0, 0.1) is 20.2 Å². The number of nitro groups is 2. The van der Waals surface area contributed by atoms with Crippen LogP contribution < -0.4 is 33.2 Å². The molecule has 22 heavy (non-hydrogen) atoms. The highest BCUT2D eigenvalue weighted by molar-refractivity contribution is 5.94. The Kier molecular flexibility index (Phi) is 4.35. The molecule has 15 heteroatoms. The summed E-state index contributed by atoms with van der Waals surface area (Å²) < 4.78 is 0. The van der Waals surface area contributed by atoms with Crippen LogP contribution in [0.1, 0.15) is 0 Å². The second kappa shape index (κ2) is 5.81. The Labute approximate surface area is 120 Å². The van der Waals surface area contributed by atoms with Gasteiger partial charge >= 0.3 is 23.4 Å². The fourth-order valence-electron chi connectivity index (χ4n) is 1.31. The lowest BCUT2D eigenvalue weighted by molar-refractivity contribution is -0.393. The fraction of sp³-hybridized carbons (Fsp3) is 0. The summed E-state index contributed by atoms with van der Waals surface area (Å²) in [5.74, 6) is 8.66. The number of aromatic nitrogens is 1. The molecule has 0 atom stereocenters. The highest BCUT2D eigenvalue weighted by Crippen LogP contribution is 2.35. The summed E-state index contributed by atoms with van der Waals surface area (Å²) in [4.78, 5) is 45.0. The van der Waals surface area contributed by atoms with E-state index in [1.165, 1.54) is 0 Å². The SMILES string of the molecule is NC(=O)N(N)c1nc(N(N)C(N)=O)c([N+](=O)[O-])cc1[N+](=O)[O-]. The van der Waals surface area contributed by atoms with Crippen molar-refractivity contribution in [2.45, 2.75) is 0 Å². The highest BCUT2D eigenvalue weighted by Gasteiger charge is 2.33. The summed E-state index contributed by atoms with van der Waals surface area (Å²) in [7, 11) is 0. The maximum Gasteiger partial charge on any atom is 0.335 e.